The van der Waals surface area contributed by atoms with Gasteiger partial charge in [0.05, 0.1) is 13.2 Å². The number of nitrogens with zero attached hydrogens (tertiary/aromatic N) is 1. The second-order valence-electron chi connectivity index (χ2n) is 13.7. The zero-order valence-corrected chi connectivity index (χ0v) is 30.5. The molecule has 3 heterocycles. The number of halogens is 1. The van der Waals surface area contributed by atoms with Gasteiger partial charge in [-0.3, -0.25) is 19.2 Å². The van der Waals surface area contributed by atoms with Gasteiger partial charge < -0.3 is 30.0 Å². The predicted octanol–water partition coefficient (Wildman–Crippen LogP) is 4.77. The molecule has 6 rings (SSSR count). The van der Waals surface area contributed by atoms with Crippen LogP contribution in [0.3, 0.4) is 0 Å². The third-order valence-electron chi connectivity index (χ3n) is 10.3. The van der Waals surface area contributed by atoms with Crippen molar-refractivity contribution in [2.45, 2.75) is 121 Å². The van der Waals surface area contributed by atoms with Crippen LogP contribution >= 0.6 is 22.6 Å². The first-order valence-corrected chi connectivity index (χ1v) is 18.8. The molecule has 2 aromatic carbocycles. The molecule has 2 amide bonds. The largest absolute Gasteiger partial charge is 0.458 e. The molecule has 6 atom stereocenters. The summed E-state index contributed by atoms with van der Waals surface area (Å²) in [5.74, 6) is -1.96. The van der Waals surface area contributed by atoms with Crippen molar-refractivity contribution in [1.29, 1.82) is 0 Å². The van der Waals surface area contributed by atoms with E-state index >= 15 is 0 Å². The molecule has 11 nitrogen and oxygen atoms in total. The molecule has 3 aliphatic heterocycles. The van der Waals surface area contributed by atoms with Crippen LogP contribution in [0.1, 0.15) is 93.1 Å². The van der Waals surface area contributed by atoms with Crippen molar-refractivity contribution in [3.8, 4) is 0 Å². The SMILES string of the molecule is CCCCCC1(CCCCC)OC2C3CC4(C(=O)NCc5cccc(C(=O)NCCO)c5)C(ON(Cc5ccccc5I)C4C(=O)O3)C2O1. The molecule has 3 saturated heterocycles. The fourth-order valence-electron chi connectivity index (χ4n) is 7.93. The summed E-state index contributed by atoms with van der Waals surface area (Å²) in [6.45, 7) is 4.75. The Morgan fingerprint density at radius 2 is 1.71 bits per heavy atom. The average molecular weight is 790 g/mol. The number of carbonyl (C=O) groups excluding carboxylic acids is 3. The lowest BCUT2D eigenvalue weighted by molar-refractivity contribution is -0.224. The number of carbonyl (C=O) groups is 3. The Hall–Kier alpha value is -2.62. The topological polar surface area (TPSA) is 136 Å². The van der Waals surface area contributed by atoms with E-state index < -0.39 is 47.6 Å². The lowest BCUT2D eigenvalue weighted by Crippen LogP contribution is -2.69. The number of ether oxygens (including phenoxy) is 3. The summed E-state index contributed by atoms with van der Waals surface area (Å²) in [5, 5.41) is 16.5. The van der Waals surface area contributed by atoms with E-state index in [1.54, 1.807) is 23.3 Å². The Kier molecular flexibility index (Phi) is 11.6. The monoisotopic (exact) mass is 789 g/mol. The van der Waals surface area contributed by atoms with E-state index in [9.17, 15) is 14.4 Å². The molecule has 4 aliphatic rings. The Balaban J connectivity index is 1.32. The zero-order valence-electron chi connectivity index (χ0n) is 28.3. The van der Waals surface area contributed by atoms with Crippen molar-refractivity contribution in [3.05, 3.63) is 68.8 Å². The highest BCUT2D eigenvalue weighted by atomic mass is 127. The molecule has 4 fully saturated rings. The summed E-state index contributed by atoms with van der Waals surface area (Å²) in [6, 6.07) is 13.9. The molecule has 49 heavy (non-hydrogen) atoms. The maximum atomic E-state index is 14.7. The molecule has 6 unspecified atom stereocenters. The second kappa shape index (κ2) is 15.7. The fraction of sp³-hybridized carbons (Fsp3) is 0.595. The van der Waals surface area contributed by atoms with Crippen LogP contribution in [0.5, 0.6) is 0 Å². The van der Waals surface area contributed by atoms with Gasteiger partial charge in [0.2, 0.25) is 5.91 Å². The van der Waals surface area contributed by atoms with Crippen LogP contribution in [0.4, 0.5) is 0 Å². The highest BCUT2D eigenvalue weighted by molar-refractivity contribution is 14.1. The van der Waals surface area contributed by atoms with Crippen LogP contribution in [0, 0.1) is 8.99 Å². The van der Waals surface area contributed by atoms with Gasteiger partial charge in [-0.25, -0.2) is 0 Å². The van der Waals surface area contributed by atoms with Crippen LogP contribution in [0.25, 0.3) is 0 Å². The molecule has 2 bridgehead atoms. The minimum atomic E-state index is -1.29. The number of rotatable bonds is 16. The van der Waals surface area contributed by atoms with Gasteiger partial charge in [0.1, 0.15) is 29.8 Å². The normalized spacial score (nSPS) is 28.2. The summed E-state index contributed by atoms with van der Waals surface area (Å²) < 4.78 is 21.0. The van der Waals surface area contributed by atoms with Gasteiger partial charge in [-0.05, 0) is 64.8 Å². The van der Waals surface area contributed by atoms with Gasteiger partial charge in [-0.15, -0.1) is 0 Å². The number of hydrogen-bond donors (Lipinski definition) is 3. The first kappa shape index (κ1) is 36.2. The lowest BCUT2D eigenvalue weighted by atomic mass is 9.62. The third kappa shape index (κ3) is 7.27. The van der Waals surface area contributed by atoms with Gasteiger partial charge >= 0.3 is 5.97 Å². The third-order valence-corrected chi connectivity index (χ3v) is 11.4. The molecule has 0 radical (unpaired) electrons. The Morgan fingerprint density at radius 1 is 0.980 bits per heavy atom. The number of hydroxylamine groups is 2. The van der Waals surface area contributed by atoms with Crippen molar-refractivity contribution in [3.63, 3.8) is 0 Å². The molecule has 266 valence electrons. The highest BCUT2D eigenvalue weighted by Gasteiger charge is 2.76. The van der Waals surface area contributed by atoms with Crippen molar-refractivity contribution in [2.24, 2.45) is 5.41 Å². The summed E-state index contributed by atoms with van der Waals surface area (Å²) in [7, 11) is 0. The van der Waals surface area contributed by atoms with E-state index in [2.05, 4.69) is 47.1 Å². The molecule has 0 aromatic heterocycles. The number of aliphatic hydroxyl groups excluding tert-OH is 1. The van der Waals surface area contributed by atoms with Crippen LogP contribution in [0.15, 0.2) is 48.5 Å². The van der Waals surface area contributed by atoms with E-state index in [-0.39, 0.29) is 44.5 Å². The lowest BCUT2D eigenvalue weighted by Gasteiger charge is -2.48. The molecule has 1 saturated carbocycles. The van der Waals surface area contributed by atoms with Crippen LogP contribution in [-0.2, 0) is 41.7 Å². The van der Waals surface area contributed by atoms with E-state index in [1.165, 1.54) is 0 Å². The van der Waals surface area contributed by atoms with E-state index in [1.807, 2.05) is 30.3 Å². The molecule has 12 heteroatoms. The maximum absolute atomic E-state index is 14.7. The van der Waals surface area contributed by atoms with Gasteiger partial charge in [0, 0.05) is 41.5 Å². The molecule has 1 aliphatic carbocycles. The van der Waals surface area contributed by atoms with Gasteiger partial charge in [-0.1, -0.05) is 69.9 Å². The smallest absolute Gasteiger partial charge is 0.327 e. The Bertz CT molecular complexity index is 1500. The van der Waals surface area contributed by atoms with Crippen molar-refractivity contribution in [1.82, 2.24) is 15.7 Å². The van der Waals surface area contributed by atoms with E-state index in [4.69, 9.17) is 24.2 Å². The number of unbranched alkanes of at least 4 members (excludes halogenated alkanes) is 4. The number of benzene rings is 2. The molecule has 3 N–H and O–H groups in total. The van der Waals surface area contributed by atoms with Crippen molar-refractivity contribution < 1.29 is 38.5 Å². The maximum Gasteiger partial charge on any atom is 0.327 e. The standard InChI is InChI=1S/C37H48IN3O8/c1-3-5-9-16-36(17-10-6-4-2)47-29-28-21-37(35(45)40-22-24-12-11-14-25(20-24)33(43)39-18-19-42)31(34(44)46-28)41(49-32(37)30(29)48-36)23-26-13-7-8-15-27(26)38/h7-8,11-15,20,28-32,42H,3-6,9-10,16-19,21-23H2,1-2H3,(H,39,43)(H,40,45). The van der Waals surface area contributed by atoms with Gasteiger partial charge in [0.25, 0.3) is 5.91 Å². The molecule has 0 spiro atoms. The minimum Gasteiger partial charge on any atom is -0.458 e. The zero-order chi connectivity index (χ0) is 34.6. The van der Waals surface area contributed by atoms with E-state index in [0.717, 1.165) is 66.1 Å². The highest BCUT2D eigenvalue weighted by Crippen LogP contribution is 2.58. The van der Waals surface area contributed by atoms with Crippen LogP contribution in [0.2, 0.25) is 0 Å². The molecular weight excluding hydrogens is 741 g/mol. The number of amides is 2. The first-order chi connectivity index (χ1) is 23.7. The van der Waals surface area contributed by atoms with Crippen LogP contribution < -0.4 is 10.6 Å². The number of esters is 1. The Morgan fingerprint density at radius 3 is 2.43 bits per heavy atom. The molecular formula is C37H48IN3O8. The summed E-state index contributed by atoms with van der Waals surface area (Å²) in [5.41, 5.74) is 0.827. The fourth-order valence-corrected chi connectivity index (χ4v) is 8.49. The van der Waals surface area contributed by atoms with Gasteiger partial charge in [0.15, 0.2) is 11.8 Å². The summed E-state index contributed by atoms with van der Waals surface area (Å²) in [4.78, 5) is 48.0. The first-order valence-electron chi connectivity index (χ1n) is 17.7. The average Bonchev–Trinajstić information content (AvgIpc) is 3.66. The second-order valence-corrected chi connectivity index (χ2v) is 14.8. The number of nitrogens with one attached hydrogen (secondary N) is 2. The molecule has 2 aromatic rings. The minimum absolute atomic E-state index is 0.140. The summed E-state index contributed by atoms with van der Waals surface area (Å²) in [6.07, 6.45) is 5.24. The van der Waals surface area contributed by atoms with Gasteiger partial charge in [-0.2, -0.15) is 5.06 Å². The quantitative estimate of drug-likeness (QED) is 0.125. The number of fused-ring (bicyclic) bond motifs is 4. The predicted molar refractivity (Wildman–Crippen MR) is 189 cm³/mol. The summed E-state index contributed by atoms with van der Waals surface area (Å²) >= 11 is 2.27. The van der Waals surface area contributed by atoms with E-state index in [0.29, 0.717) is 5.56 Å². The number of aliphatic hydroxyl groups is 1. The van der Waals surface area contributed by atoms with Crippen molar-refractivity contribution in [2.75, 3.05) is 13.2 Å². The van der Waals surface area contributed by atoms with Crippen molar-refractivity contribution >= 4 is 40.4 Å². The number of hydrogen-bond acceptors (Lipinski definition) is 9. The van der Waals surface area contributed by atoms with Crippen LogP contribution in [-0.4, -0.2) is 77.3 Å². The Labute approximate surface area is 301 Å².